The minimum Gasteiger partial charge on any atom is -0.489 e. The van der Waals surface area contributed by atoms with Gasteiger partial charge in [0, 0.05) is 12.7 Å². The van der Waals surface area contributed by atoms with Gasteiger partial charge < -0.3 is 9.47 Å². The Balaban J connectivity index is 2.01. The number of hydrogen-bond acceptors (Lipinski definition) is 4. The fourth-order valence-electron chi connectivity index (χ4n) is 2.25. The second-order valence-electron chi connectivity index (χ2n) is 4.89. The molecule has 1 unspecified atom stereocenters. The number of hydrogen-bond donors (Lipinski definition) is 1. The molecule has 118 valence electrons. The molecule has 0 aliphatic carbocycles. The molecule has 1 aromatic carbocycles. The van der Waals surface area contributed by atoms with Gasteiger partial charge in [0.2, 0.25) is 10.0 Å². The third kappa shape index (κ3) is 4.36. The lowest BCUT2D eigenvalue weighted by atomic mass is 10.1. The van der Waals surface area contributed by atoms with Gasteiger partial charge in [0.1, 0.15) is 10.7 Å². The summed E-state index contributed by atoms with van der Waals surface area (Å²) >= 11 is 0. The van der Waals surface area contributed by atoms with E-state index in [0.717, 1.165) is 25.9 Å². The summed E-state index contributed by atoms with van der Waals surface area (Å²) in [5, 5.41) is 4.94. The number of sulfonamides is 1. The lowest BCUT2D eigenvalue weighted by Crippen LogP contribution is -2.16. The average Bonchev–Trinajstić information content (AvgIpc) is 2.87. The monoisotopic (exact) mass is 321 g/mol. The van der Waals surface area contributed by atoms with E-state index in [1.807, 2.05) is 0 Å². The third-order valence-electron chi connectivity index (χ3n) is 3.22. The summed E-state index contributed by atoms with van der Waals surface area (Å²) in [6.45, 7) is 0.846. The SMILES string of the molecule is NS(=O)(=O)c1cc(F)cc(F)c1OCCCC1CCCO1. The highest BCUT2D eigenvalue weighted by molar-refractivity contribution is 7.89. The van der Waals surface area contributed by atoms with Crippen LogP contribution in [-0.2, 0) is 14.8 Å². The molecule has 0 aromatic heterocycles. The van der Waals surface area contributed by atoms with Crippen molar-refractivity contribution in [2.45, 2.75) is 36.7 Å². The largest absolute Gasteiger partial charge is 0.489 e. The van der Waals surface area contributed by atoms with Gasteiger partial charge in [-0.25, -0.2) is 22.3 Å². The van der Waals surface area contributed by atoms with E-state index in [1.54, 1.807) is 0 Å². The van der Waals surface area contributed by atoms with E-state index in [0.29, 0.717) is 18.6 Å². The molecule has 1 saturated heterocycles. The smallest absolute Gasteiger partial charge is 0.241 e. The van der Waals surface area contributed by atoms with Crippen molar-refractivity contribution >= 4 is 10.0 Å². The molecule has 5 nitrogen and oxygen atoms in total. The Labute approximate surface area is 122 Å². The van der Waals surface area contributed by atoms with E-state index in [4.69, 9.17) is 14.6 Å². The van der Waals surface area contributed by atoms with Crippen molar-refractivity contribution in [2.24, 2.45) is 5.14 Å². The van der Waals surface area contributed by atoms with Gasteiger partial charge in [-0.15, -0.1) is 0 Å². The Morgan fingerprint density at radius 3 is 2.76 bits per heavy atom. The van der Waals surface area contributed by atoms with Crippen molar-refractivity contribution in [1.29, 1.82) is 0 Å². The first-order valence-corrected chi connectivity index (χ1v) is 8.19. The van der Waals surface area contributed by atoms with E-state index in [-0.39, 0.29) is 12.7 Å². The van der Waals surface area contributed by atoms with E-state index in [1.165, 1.54) is 0 Å². The average molecular weight is 321 g/mol. The van der Waals surface area contributed by atoms with Crippen molar-refractivity contribution in [3.63, 3.8) is 0 Å². The van der Waals surface area contributed by atoms with Crippen molar-refractivity contribution in [3.05, 3.63) is 23.8 Å². The Hall–Kier alpha value is -1.25. The Morgan fingerprint density at radius 1 is 1.38 bits per heavy atom. The van der Waals surface area contributed by atoms with E-state index in [9.17, 15) is 17.2 Å². The zero-order valence-corrected chi connectivity index (χ0v) is 12.2. The Bertz CT molecular complexity index is 600. The van der Waals surface area contributed by atoms with Crippen LogP contribution in [0.2, 0.25) is 0 Å². The fourth-order valence-corrected chi connectivity index (χ4v) is 2.94. The van der Waals surface area contributed by atoms with Gasteiger partial charge in [-0.05, 0) is 31.7 Å². The molecule has 1 aromatic rings. The Kier molecular flexibility index (Phi) is 5.13. The molecule has 2 N–H and O–H groups in total. The van der Waals surface area contributed by atoms with E-state index in [2.05, 4.69) is 0 Å². The molecule has 1 fully saturated rings. The summed E-state index contributed by atoms with van der Waals surface area (Å²) in [5.41, 5.74) is 0. The number of nitrogens with two attached hydrogens (primary N) is 1. The number of primary sulfonamides is 1. The number of ether oxygens (including phenoxy) is 2. The van der Waals surface area contributed by atoms with Gasteiger partial charge >= 0.3 is 0 Å². The first-order valence-electron chi connectivity index (χ1n) is 6.64. The van der Waals surface area contributed by atoms with Crippen LogP contribution in [0.3, 0.4) is 0 Å². The topological polar surface area (TPSA) is 78.6 Å². The van der Waals surface area contributed by atoms with Crippen LogP contribution in [0.25, 0.3) is 0 Å². The molecule has 8 heteroatoms. The molecule has 1 atom stereocenters. The number of halogens is 2. The van der Waals surface area contributed by atoms with Gasteiger partial charge in [-0.3, -0.25) is 0 Å². The molecule has 1 aliphatic rings. The van der Waals surface area contributed by atoms with Crippen molar-refractivity contribution in [1.82, 2.24) is 0 Å². The zero-order chi connectivity index (χ0) is 15.5. The standard InChI is InChI=1S/C13H17F2NO4S/c14-9-7-11(15)13(12(8-9)21(16,17)18)20-6-2-4-10-3-1-5-19-10/h7-8,10H,1-6H2,(H2,16,17,18). The van der Waals surface area contributed by atoms with Gasteiger partial charge in [-0.2, -0.15) is 0 Å². The highest BCUT2D eigenvalue weighted by Gasteiger charge is 2.21. The van der Waals surface area contributed by atoms with Crippen LogP contribution < -0.4 is 9.88 Å². The first-order chi connectivity index (χ1) is 9.88. The van der Waals surface area contributed by atoms with Crippen molar-refractivity contribution < 1.29 is 26.7 Å². The van der Waals surface area contributed by atoms with Crippen molar-refractivity contribution in [2.75, 3.05) is 13.2 Å². The normalized spacial score (nSPS) is 18.9. The van der Waals surface area contributed by atoms with Crippen LogP contribution in [0.15, 0.2) is 17.0 Å². The maximum absolute atomic E-state index is 13.7. The second-order valence-corrected chi connectivity index (χ2v) is 6.42. The van der Waals surface area contributed by atoms with Gasteiger partial charge in [-0.1, -0.05) is 0 Å². The first kappa shape index (κ1) is 16.1. The van der Waals surface area contributed by atoms with E-state index >= 15 is 0 Å². The highest BCUT2D eigenvalue weighted by atomic mass is 32.2. The minimum absolute atomic E-state index is 0.102. The minimum atomic E-state index is -4.26. The van der Waals surface area contributed by atoms with Gasteiger partial charge in [0.25, 0.3) is 0 Å². The van der Waals surface area contributed by atoms with Crippen LogP contribution in [-0.4, -0.2) is 27.7 Å². The fraction of sp³-hybridized carbons (Fsp3) is 0.538. The highest BCUT2D eigenvalue weighted by Crippen LogP contribution is 2.28. The molecule has 0 radical (unpaired) electrons. The molecule has 0 amide bonds. The Morgan fingerprint density at radius 2 is 2.14 bits per heavy atom. The van der Waals surface area contributed by atoms with Crippen LogP contribution in [0.1, 0.15) is 25.7 Å². The molecule has 21 heavy (non-hydrogen) atoms. The van der Waals surface area contributed by atoms with Crippen molar-refractivity contribution in [3.8, 4) is 5.75 Å². The predicted molar refractivity (Wildman–Crippen MR) is 71.4 cm³/mol. The molecule has 0 bridgehead atoms. The number of rotatable bonds is 6. The molecule has 2 rings (SSSR count). The molecule has 0 spiro atoms. The van der Waals surface area contributed by atoms with Crippen LogP contribution in [0, 0.1) is 11.6 Å². The maximum atomic E-state index is 13.7. The molecule has 0 saturated carbocycles. The van der Waals surface area contributed by atoms with Crippen LogP contribution in [0.5, 0.6) is 5.75 Å². The summed E-state index contributed by atoms with van der Waals surface area (Å²) in [6, 6.07) is 1.21. The summed E-state index contributed by atoms with van der Waals surface area (Å²) in [7, 11) is -4.26. The molecule has 1 aliphatic heterocycles. The lowest BCUT2D eigenvalue weighted by molar-refractivity contribution is 0.0977. The van der Waals surface area contributed by atoms with E-state index < -0.39 is 32.3 Å². The summed E-state index contributed by atoms with van der Waals surface area (Å²) in [5.74, 6) is -2.65. The summed E-state index contributed by atoms with van der Waals surface area (Å²) in [4.78, 5) is -0.683. The third-order valence-corrected chi connectivity index (χ3v) is 4.14. The quantitative estimate of drug-likeness (QED) is 0.812. The molecule has 1 heterocycles. The summed E-state index contributed by atoms with van der Waals surface area (Å²) in [6.07, 6.45) is 3.49. The second kappa shape index (κ2) is 6.67. The lowest BCUT2D eigenvalue weighted by Gasteiger charge is -2.13. The zero-order valence-electron chi connectivity index (χ0n) is 11.3. The predicted octanol–water partition coefficient (Wildman–Crippen LogP) is 1.95. The van der Waals surface area contributed by atoms with Crippen LogP contribution >= 0.6 is 0 Å². The maximum Gasteiger partial charge on any atom is 0.241 e. The molecular weight excluding hydrogens is 304 g/mol. The molecular formula is C13H17F2NO4S. The van der Waals surface area contributed by atoms with Gasteiger partial charge in [0.05, 0.1) is 12.7 Å². The van der Waals surface area contributed by atoms with Gasteiger partial charge in [0.15, 0.2) is 11.6 Å². The number of benzene rings is 1. The van der Waals surface area contributed by atoms with Crippen LogP contribution in [0.4, 0.5) is 8.78 Å². The summed E-state index contributed by atoms with van der Waals surface area (Å²) < 4.78 is 60.0.